The van der Waals surface area contributed by atoms with Crippen LogP contribution in [0.1, 0.15) is 42.2 Å². The van der Waals surface area contributed by atoms with Crippen molar-refractivity contribution < 1.29 is 13.2 Å². The summed E-state index contributed by atoms with van der Waals surface area (Å²) in [6.45, 7) is 0. The topological polar surface area (TPSA) is 144 Å². The largest absolute Gasteiger partial charge is 0.324 e. The summed E-state index contributed by atoms with van der Waals surface area (Å²) in [5.41, 5.74) is 2.55. The molecule has 0 atom stereocenters. The number of aromatic nitrogens is 5. The fraction of sp³-hybridized carbons (Fsp3) is 0.179. The van der Waals surface area contributed by atoms with Gasteiger partial charge in [0.25, 0.3) is 15.9 Å². The Labute approximate surface area is 230 Å². The third kappa shape index (κ3) is 5.34. The molecule has 0 bridgehead atoms. The van der Waals surface area contributed by atoms with E-state index in [-0.39, 0.29) is 22.8 Å². The molecule has 1 saturated carbocycles. The van der Waals surface area contributed by atoms with E-state index in [4.69, 9.17) is 4.98 Å². The highest BCUT2D eigenvalue weighted by atomic mass is 32.2. The van der Waals surface area contributed by atoms with Gasteiger partial charge in [0.1, 0.15) is 11.3 Å². The fourth-order valence-electron chi connectivity index (χ4n) is 4.87. The van der Waals surface area contributed by atoms with Crippen LogP contribution in [-0.4, -0.2) is 38.8 Å². The first-order valence-electron chi connectivity index (χ1n) is 12.9. The molecule has 2 aromatic carbocycles. The number of nitrogens with one attached hydrogen (secondary N) is 3. The summed E-state index contributed by atoms with van der Waals surface area (Å²) in [6, 6.07) is 19.2. The van der Waals surface area contributed by atoms with E-state index in [2.05, 4.69) is 30.3 Å². The molecule has 6 rings (SSSR count). The van der Waals surface area contributed by atoms with Crippen molar-refractivity contribution >= 4 is 50.2 Å². The normalized spacial score (nSPS) is 13.8. The Bertz CT molecular complexity index is 1750. The molecule has 40 heavy (non-hydrogen) atoms. The molecule has 1 amide bonds. The molecule has 1 aliphatic carbocycles. The minimum absolute atomic E-state index is 0.00603. The summed E-state index contributed by atoms with van der Waals surface area (Å²) in [5.74, 6) is 0.136. The average Bonchev–Trinajstić information content (AvgIpc) is 3.62. The Morgan fingerprint density at radius 1 is 0.850 bits per heavy atom. The number of carbonyl (C=O) groups excluding carboxylic acids is 1. The van der Waals surface area contributed by atoms with E-state index >= 15 is 0 Å². The van der Waals surface area contributed by atoms with E-state index in [0.29, 0.717) is 23.0 Å². The van der Waals surface area contributed by atoms with Crippen LogP contribution in [0.15, 0.2) is 90.2 Å². The third-order valence-corrected chi connectivity index (χ3v) is 8.09. The van der Waals surface area contributed by atoms with Crippen LogP contribution < -0.4 is 15.4 Å². The first kappa shape index (κ1) is 25.4. The number of carbonyl (C=O) groups is 1. The lowest BCUT2D eigenvalue weighted by Gasteiger charge is -2.17. The molecule has 0 saturated heterocycles. The van der Waals surface area contributed by atoms with E-state index in [0.717, 1.165) is 36.8 Å². The predicted molar refractivity (Wildman–Crippen MR) is 152 cm³/mol. The van der Waals surface area contributed by atoms with Crippen LogP contribution in [0.25, 0.3) is 11.0 Å². The van der Waals surface area contributed by atoms with Crippen LogP contribution >= 0.6 is 0 Å². The quantitative estimate of drug-likeness (QED) is 0.239. The number of sulfonamides is 1. The molecule has 0 aliphatic heterocycles. The van der Waals surface area contributed by atoms with E-state index in [1.54, 1.807) is 24.4 Å². The molecule has 12 heteroatoms. The van der Waals surface area contributed by atoms with Gasteiger partial charge in [-0.25, -0.2) is 28.1 Å². The Kier molecular flexibility index (Phi) is 6.83. The first-order chi connectivity index (χ1) is 19.5. The molecule has 3 heterocycles. The van der Waals surface area contributed by atoms with Crippen molar-refractivity contribution in [2.24, 2.45) is 0 Å². The number of benzene rings is 2. The zero-order valence-corrected chi connectivity index (χ0v) is 22.2. The van der Waals surface area contributed by atoms with Gasteiger partial charge in [0, 0.05) is 41.4 Å². The smallest absolute Gasteiger partial charge is 0.272 e. The highest BCUT2D eigenvalue weighted by Crippen LogP contribution is 2.35. The van der Waals surface area contributed by atoms with Gasteiger partial charge >= 0.3 is 0 Å². The molecule has 5 aromatic rings. The lowest BCUT2D eigenvalue weighted by atomic mass is 10.2. The molecule has 3 N–H and O–H groups in total. The van der Waals surface area contributed by atoms with E-state index in [1.807, 2.05) is 41.0 Å². The third-order valence-electron chi connectivity index (χ3n) is 6.74. The standard InChI is InChI=1S/C28H26N8O3S/c37-26(32-20-7-2-1-3-8-20)24-17-19-18-31-28(34-25(19)36(24)22-9-4-5-10-22)33-21-11-13-23(14-12-21)40(38,39)35-27-29-15-6-16-30-27/h1-3,6-8,11-18,22H,4-5,9-10H2,(H,32,37)(H,29,30,35)(H,31,33,34). The number of hydrogen-bond acceptors (Lipinski definition) is 8. The molecule has 1 fully saturated rings. The zero-order chi connectivity index (χ0) is 27.5. The van der Waals surface area contributed by atoms with Crippen LogP contribution in [0.3, 0.4) is 0 Å². The van der Waals surface area contributed by atoms with Gasteiger partial charge in [-0.1, -0.05) is 31.0 Å². The second kappa shape index (κ2) is 10.7. The van der Waals surface area contributed by atoms with Gasteiger partial charge in [0.2, 0.25) is 11.9 Å². The molecule has 1 aliphatic rings. The Morgan fingerprint density at radius 3 is 2.30 bits per heavy atom. The average molecular weight is 555 g/mol. The van der Waals surface area contributed by atoms with Crippen molar-refractivity contribution in [1.82, 2.24) is 24.5 Å². The number of nitrogens with zero attached hydrogens (tertiary/aromatic N) is 5. The summed E-state index contributed by atoms with van der Waals surface area (Å²) in [4.78, 5) is 30.4. The number of hydrogen-bond donors (Lipinski definition) is 3. The summed E-state index contributed by atoms with van der Waals surface area (Å²) in [7, 11) is -3.85. The van der Waals surface area contributed by atoms with Gasteiger partial charge in [-0.05, 0) is 61.4 Å². The second-order valence-electron chi connectivity index (χ2n) is 9.46. The number of rotatable bonds is 8. The monoisotopic (exact) mass is 554 g/mol. The van der Waals surface area contributed by atoms with Crippen molar-refractivity contribution in [3.63, 3.8) is 0 Å². The van der Waals surface area contributed by atoms with Crippen LogP contribution in [0.4, 0.5) is 23.3 Å². The SMILES string of the molecule is O=C(Nc1ccccc1)c1cc2cnc(Nc3ccc(S(=O)(=O)Nc4ncccn4)cc3)nc2n1C1CCCC1. The molecule has 11 nitrogen and oxygen atoms in total. The van der Waals surface area contributed by atoms with Crippen molar-refractivity contribution in [2.75, 3.05) is 15.4 Å². The van der Waals surface area contributed by atoms with E-state index < -0.39 is 10.0 Å². The van der Waals surface area contributed by atoms with Gasteiger partial charge in [-0.3, -0.25) is 4.79 Å². The molecule has 202 valence electrons. The maximum atomic E-state index is 13.3. The van der Waals surface area contributed by atoms with Gasteiger partial charge in [0.05, 0.1) is 4.90 Å². The molecular weight excluding hydrogens is 528 g/mol. The molecular formula is C28H26N8O3S. The summed E-state index contributed by atoms with van der Waals surface area (Å²) in [6.07, 6.45) is 8.74. The van der Waals surface area contributed by atoms with Crippen LogP contribution in [0.5, 0.6) is 0 Å². The van der Waals surface area contributed by atoms with Gasteiger partial charge in [0.15, 0.2) is 0 Å². The first-order valence-corrected chi connectivity index (χ1v) is 14.4. The van der Waals surface area contributed by atoms with Crippen molar-refractivity contribution in [3.8, 4) is 0 Å². The lowest BCUT2D eigenvalue weighted by molar-refractivity contribution is 0.101. The van der Waals surface area contributed by atoms with Crippen molar-refractivity contribution in [3.05, 3.63) is 91.0 Å². The van der Waals surface area contributed by atoms with Crippen molar-refractivity contribution in [2.45, 2.75) is 36.6 Å². The van der Waals surface area contributed by atoms with E-state index in [1.165, 1.54) is 24.5 Å². The highest BCUT2D eigenvalue weighted by Gasteiger charge is 2.26. The molecule has 0 spiro atoms. The van der Waals surface area contributed by atoms with Crippen LogP contribution in [0.2, 0.25) is 0 Å². The molecule has 3 aromatic heterocycles. The number of fused-ring (bicyclic) bond motifs is 1. The molecule has 0 radical (unpaired) electrons. The van der Waals surface area contributed by atoms with Crippen molar-refractivity contribution in [1.29, 1.82) is 0 Å². The minimum Gasteiger partial charge on any atom is -0.324 e. The van der Waals surface area contributed by atoms with Gasteiger partial charge in [-0.2, -0.15) is 4.98 Å². The summed E-state index contributed by atoms with van der Waals surface area (Å²) in [5, 5.41) is 6.90. The summed E-state index contributed by atoms with van der Waals surface area (Å²) >= 11 is 0. The van der Waals surface area contributed by atoms with Gasteiger partial charge < -0.3 is 15.2 Å². The van der Waals surface area contributed by atoms with Crippen LogP contribution in [0, 0.1) is 0 Å². The lowest BCUT2D eigenvalue weighted by Crippen LogP contribution is -2.19. The highest BCUT2D eigenvalue weighted by molar-refractivity contribution is 7.92. The summed E-state index contributed by atoms with van der Waals surface area (Å²) < 4.78 is 29.7. The Balaban J connectivity index is 1.26. The van der Waals surface area contributed by atoms with E-state index in [9.17, 15) is 13.2 Å². The number of para-hydroxylation sites is 1. The second-order valence-corrected chi connectivity index (χ2v) is 11.1. The number of anilines is 4. The molecule has 0 unspecified atom stereocenters. The minimum atomic E-state index is -3.85. The maximum absolute atomic E-state index is 13.3. The Hall–Kier alpha value is -4.84. The predicted octanol–water partition coefficient (Wildman–Crippen LogP) is 5.13. The van der Waals surface area contributed by atoms with Crippen LogP contribution in [-0.2, 0) is 10.0 Å². The van der Waals surface area contributed by atoms with Gasteiger partial charge in [-0.15, -0.1) is 0 Å². The fourth-order valence-corrected chi connectivity index (χ4v) is 5.83. The zero-order valence-electron chi connectivity index (χ0n) is 21.4. The number of amides is 1. The Morgan fingerprint density at radius 2 is 1.57 bits per heavy atom. The maximum Gasteiger partial charge on any atom is 0.272 e.